The normalized spacial score (nSPS) is 20.9. The molecule has 0 aliphatic rings. The molecule has 0 aliphatic carbocycles. The average Bonchev–Trinajstić information content (AvgIpc) is 1.49. The van der Waals surface area contributed by atoms with Gasteiger partial charge in [-0.3, -0.25) is 0 Å². The van der Waals surface area contributed by atoms with Gasteiger partial charge in [-0.1, -0.05) is 0 Å². The summed E-state index contributed by atoms with van der Waals surface area (Å²) in [5, 5.41) is 0. The van der Waals surface area contributed by atoms with E-state index in [1.54, 1.807) is 0 Å². The molecule has 80 valence electrons. The fraction of sp³-hybridized carbons (Fsp3) is 1.00. The molecule has 0 rings (SSSR count). The van der Waals surface area contributed by atoms with Gasteiger partial charge in [0.15, 0.2) is 0 Å². The predicted octanol–water partition coefficient (Wildman–Crippen LogP) is 3.40. The van der Waals surface area contributed by atoms with Gasteiger partial charge in [0.05, 0.1) is 0 Å². The van der Waals surface area contributed by atoms with E-state index >= 15 is 0 Å². The molecule has 0 spiro atoms. The molecule has 5 heteroatoms. The molecule has 0 radical (unpaired) electrons. The van der Waals surface area contributed by atoms with Crippen molar-refractivity contribution in [2.75, 3.05) is 43.8 Å². The Labute approximate surface area is 96.0 Å². The first-order chi connectivity index (χ1) is 5.07. The average molecular weight is 343 g/mol. The van der Waals surface area contributed by atoms with E-state index in [0.717, 1.165) is 0 Å². The lowest BCUT2D eigenvalue weighted by Crippen LogP contribution is -2.23. The van der Waals surface area contributed by atoms with E-state index in [1.165, 1.54) is 0 Å². The first kappa shape index (κ1) is 13.7. The van der Waals surface area contributed by atoms with Crippen LogP contribution in [-0.2, 0) is 0 Å². The van der Waals surface area contributed by atoms with E-state index in [1.807, 2.05) is 0 Å². The third-order valence-electron chi connectivity index (χ3n) is 1.16. The summed E-state index contributed by atoms with van der Waals surface area (Å²) >= 11 is 2.59. The lowest BCUT2D eigenvalue weighted by atomic mass is 11.9. The molecule has 0 aromatic rings. The van der Waals surface area contributed by atoms with Crippen molar-refractivity contribution in [3.8, 4) is 0 Å². The van der Waals surface area contributed by atoms with Crippen LogP contribution in [0.15, 0.2) is 0 Å². The van der Waals surface area contributed by atoms with Crippen LogP contribution in [0.5, 0.6) is 0 Å². The van der Waals surface area contributed by atoms with E-state index in [0.29, 0.717) is 0 Å². The topological polar surface area (TPSA) is 3.24 Å². The Morgan fingerprint density at radius 1 is 0.917 bits per heavy atom. The number of thiol groups is 1. The molecule has 0 saturated heterocycles. The Hall–Kier alpha value is 1.74. The highest BCUT2D eigenvalue weighted by Gasteiger charge is 2.27. The third-order valence-corrected chi connectivity index (χ3v) is 13.6. The summed E-state index contributed by atoms with van der Waals surface area (Å²) in [4.78, 5) is 0. The molecule has 0 bridgehead atoms. The van der Waals surface area contributed by atoms with Crippen molar-refractivity contribution in [2.24, 2.45) is 0 Å². The molecule has 0 amide bonds. The molecular formula is C7H22INS3. The molecule has 1 unspecified atom stereocenters. The third kappa shape index (κ3) is 4.30. The predicted molar refractivity (Wildman–Crippen MR) is 81.5 cm³/mol. The Morgan fingerprint density at radius 3 is 1.17 bits per heavy atom. The van der Waals surface area contributed by atoms with Gasteiger partial charge in [0, 0.05) is 0 Å². The Bertz CT molecular complexity index is 134. The molecule has 1 atom stereocenters. The fourth-order valence-electron chi connectivity index (χ4n) is 1.35. The molecule has 12 heavy (non-hydrogen) atoms. The minimum atomic E-state index is -0.530. The second kappa shape index (κ2) is 4.51. The highest BCUT2D eigenvalue weighted by atomic mass is 127. The van der Waals surface area contributed by atoms with Crippen LogP contribution in [0.2, 0.25) is 0 Å². The summed E-state index contributed by atoms with van der Waals surface area (Å²) in [5.41, 5.74) is 0. The highest BCUT2D eigenvalue weighted by molar-refractivity contribution is 14.2. The summed E-state index contributed by atoms with van der Waals surface area (Å²) < 4.78 is 2.76. The summed E-state index contributed by atoms with van der Waals surface area (Å²) in [7, 11) is -1.02. The van der Waals surface area contributed by atoms with E-state index in [9.17, 15) is 0 Å². The Kier molecular flexibility index (Phi) is 5.16. The van der Waals surface area contributed by atoms with Gasteiger partial charge in [-0.15, -0.1) is 8.25 Å². The molecule has 1 nitrogen and oxygen atoms in total. The second-order valence-electron chi connectivity index (χ2n) is 4.23. The number of rotatable bonds is 3. The quantitative estimate of drug-likeness (QED) is 0.607. The zero-order chi connectivity index (χ0) is 10.2. The van der Waals surface area contributed by atoms with Crippen molar-refractivity contribution in [1.29, 1.82) is 0 Å². The highest BCUT2D eigenvalue weighted by Crippen LogP contribution is 2.67. The summed E-state index contributed by atoms with van der Waals surface area (Å²) in [6.07, 6.45) is 16.7. The van der Waals surface area contributed by atoms with Gasteiger partial charge in [0.25, 0.3) is 0 Å². The van der Waals surface area contributed by atoms with Crippen molar-refractivity contribution in [3.63, 3.8) is 0 Å². The van der Waals surface area contributed by atoms with Gasteiger partial charge in [-0.2, -0.15) is 23.5 Å². The summed E-state index contributed by atoms with van der Waals surface area (Å²) in [6.45, 7) is 0. The Balaban J connectivity index is 4.70. The minimum absolute atomic E-state index is 0.0374. The molecule has 0 heterocycles. The molecule has 0 saturated carbocycles. The maximum absolute atomic E-state index is 2.76. The van der Waals surface area contributed by atoms with Crippen LogP contribution in [-0.4, -0.2) is 46.9 Å². The van der Waals surface area contributed by atoms with Crippen LogP contribution in [0.25, 0.3) is 0 Å². The number of halogens is 1. The van der Waals surface area contributed by atoms with Crippen molar-refractivity contribution in [1.82, 2.24) is 3.12 Å². The van der Waals surface area contributed by atoms with E-state index < -0.39 is 20.4 Å². The SMILES string of the molecule is C[SH](I)N(S(C)(C)C)S(C)(C)C. The Morgan fingerprint density at radius 2 is 1.17 bits per heavy atom. The van der Waals surface area contributed by atoms with Gasteiger partial charge in [0.2, 0.25) is 0 Å². The van der Waals surface area contributed by atoms with Gasteiger partial charge in [0.1, 0.15) is 0 Å². The molecule has 0 aliphatic heterocycles. The number of hydrogen-bond acceptors (Lipinski definition) is 1. The van der Waals surface area contributed by atoms with Gasteiger partial charge < -0.3 is 0 Å². The van der Waals surface area contributed by atoms with Crippen LogP contribution >= 0.6 is 49.9 Å². The zero-order valence-corrected chi connectivity index (χ0v) is 13.8. The van der Waals surface area contributed by atoms with Crippen LogP contribution in [0.3, 0.4) is 0 Å². The van der Waals surface area contributed by atoms with E-state index in [2.05, 4.69) is 68.1 Å². The van der Waals surface area contributed by atoms with Crippen molar-refractivity contribution < 1.29 is 0 Å². The first-order valence-electron chi connectivity index (χ1n) is 3.63. The number of hydrogen-bond donors (Lipinski definition) is 1. The van der Waals surface area contributed by atoms with Crippen LogP contribution in [0, 0.1) is 0 Å². The second-order valence-corrected chi connectivity index (χ2v) is 18.3. The van der Waals surface area contributed by atoms with Crippen LogP contribution < -0.4 is 0 Å². The van der Waals surface area contributed by atoms with Crippen LogP contribution in [0.4, 0.5) is 0 Å². The minimum Gasteiger partial charge on any atom is -0.189 e. The summed E-state index contributed by atoms with van der Waals surface area (Å²) in [6, 6.07) is 0. The van der Waals surface area contributed by atoms with Crippen molar-refractivity contribution in [3.05, 3.63) is 0 Å². The van der Waals surface area contributed by atoms with Crippen molar-refractivity contribution in [2.45, 2.75) is 0 Å². The maximum Gasteiger partial charge on any atom is -0.0122 e. The standard InChI is InChI=1S/C7H22INS3/c1-10(8)9(11(2,3)4)12(5,6)7/h10H,1-7H3. The molecule has 0 N–H and O–H groups in total. The van der Waals surface area contributed by atoms with E-state index in [4.69, 9.17) is 0 Å². The number of nitrogens with zero attached hydrogens (tertiary/aromatic N) is 1. The lowest BCUT2D eigenvalue weighted by molar-refractivity contribution is 1.21. The monoisotopic (exact) mass is 343 g/mol. The molecule has 0 fully saturated rings. The van der Waals surface area contributed by atoms with Gasteiger partial charge in [-0.25, -0.2) is 0 Å². The molecule has 0 aromatic heterocycles. The van der Waals surface area contributed by atoms with Gasteiger partial charge in [-0.05, 0) is 65.0 Å². The largest absolute Gasteiger partial charge is 0.189 e. The maximum atomic E-state index is 2.76. The molecular weight excluding hydrogens is 321 g/mol. The lowest BCUT2D eigenvalue weighted by Gasteiger charge is -2.53. The van der Waals surface area contributed by atoms with E-state index in [-0.39, 0.29) is 8.25 Å². The molecule has 0 aromatic carbocycles. The van der Waals surface area contributed by atoms with Gasteiger partial charge >= 0.3 is 0 Å². The smallest absolute Gasteiger partial charge is 0.0122 e. The van der Waals surface area contributed by atoms with Crippen molar-refractivity contribution >= 4 is 49.9 Å². The first-order valence-corrected chi connectivity index (χ1v) is 13.8. The fourth-order valence-corrected chi connectivity index (χ4v) is 21.6. The van der Waals surface area contributed by atoms with Crippen LogP contribution in [0.1, 0.15) is 0 Å². The summed E-state index contributed by atoms with van der Waals surface area (Å²) in [5.74, 6) is 0. The zero-order valence-electron chi connectivity index (χ0n) is 9.09.